The van der Waals surface area contributed by atoms with Crippen LogP contribution in [-0.2, 0) is 0 Å². The average molecular weight is 794 g/mol. The highest BCUT2D eigenvalue weighted by atomic mass is 15.1. The minimum Gasteiger partial charge on any atom is -0.354 e. The Morgan fingerprint density at radius 3 is 1.24 bits per heavy atom. The second-order valence-corrected chi connectivity index (χ2v) is 15.4. The van der Waals surface area contributed by atoms with E-state index >= 15 is 0 Å². The molecule has 0 amide bonds. The molecule has 0 atom stereocenters. The Morgan fingerprint density at radius 1 is 0.355 bits per heavy atom. The van der Waals surface area contributed by atoms with Gasteiger partial charge in [-0.3, -0.25) is 5.41 Å². The van der Waals surface area contributed by atoms with Gasteiger partial charge in [0.05, 0.1) is 11.4 Å². The molecule has 9 aromatic carbocycles. The van der Waals surface area contributed by atoms with Crippen molar-refractivity contribution in [1.82, 2.24) is 5.32 Å². The third-order valence-corrected chi connectivity index (χ3v) is 11.5. The van der Waals surface area contributed by atoms with Crippen LogP contribution in [-0.4, -0.2) is 5.71 Å². The van der Waals surface area contributed by atoms with Crippen LogP contribution in [0.2, 0.25) is 0 Å². The molecule has 0 radical (unpaired) electrons. The summed E-state index contributed by atoms with van der Waals surface area (Å²) < 4.78 is 0. The first-order valence-corrected chi connectivity index (χ1v) is 21.0. The van der Waals surface area contributed by atoms with Crippen LogP contribution in [0.25, 0.3) is 56.4 Å². The van der Waals surface area contributed by atoms with Gasteiger partial charge < -0.3 is 10.2 Å². The molecule has 1 aliphatic heterocycles. The fourth-order valence-electron chi connectivity index (χ4n) is 8.34. The van der Waals surface area contributed by atoms with E-state index in [1.165, 1.54) is 22.3 Å². The van der Waals surface area contributed by atoms with E-state index in [0.29, 0.717) is 5.71 Å². The molecule has 0 spiro atoms. The zero-order chi connectivity index (χ0) is 41.7. The molecule has 2 N–H and O–H groups in total. The fourth-order valence-corrected chi connectivity index (χ4v) is 8.34. The first-order valence-electron chi connectivity index (χ1n) is 21.0. The van der Waals surface area contributed by atoms with E-state index in [2.05, 4.69) is 204 Å². The summed E-state index contributed by atoms with van der Waals surface area (Å²) in [7, 11) is 0. The maximum Gasteiger partial charge on any atom is 0.0711 e. The van der Waals surface area contributed by atoms with Gasteiger partial charge in [0.15, 0.2) is 0 Å². The predicted octanol–water partition coefficient (Wildman–Crippen LogP) is 15.2. The number of rotatable bonds is 10. The van der Waals surface area contributed by atoms with Gasteiger partial charge in [-0.25, -0.2) is 0 Å². The van der Waals surface area contributed by atoms with E-state index in [9.17, 15) is 5.41 Å². The molecular weight excluding hydrogens is 751 g/mol. The second-order valence-electron chi connectivity index (χ2n) is 15.4. The lowest BCUT2D eigenvalue weighted by Gasteiger charge is -2.26. The molecule has 294 valence electrons. The van der Waals surface area contributed by atoms with Crippen molar-refractivity contribution in [2.45, 2.75) is 0 Å². The van der Waals surface area contributed by atoms with Crippen molar-refractivity contribution in [1.29, 1.82) is 5.41 Å². The van der Waals surface area contributed by atoms with E-state index in [1.54, 1.807) is 0 Å². The van der Waals surface area contributed by atoms with E-state index < -0.39 is 0 Å². The van der Waals surface area contributed by atoms with Crippen molar-refractivity contribution >= 4 is 45.8 Å². The molecule has 10 rings (SSSR count). The predicted molar refractivity (Wildman–Crippen MR) is 261 cm³/mol. The standard InChI is InChI=1S/C59H43N3/c60-58(49-20-10-3-11-21-49)57(48-18-8-2-9-19-48)59-55-39-36-50(40-51(55)41-56(61-59)47-16-6-1-7-17-47)46-32-30-43(31-33-46)42-26-28-44(29-27-42)45-34-37-54(38-35-45)62(52-22-12-4-13-23-52)53-24-14-5-15-25-53/h1-41,60-61H/b59-57-,60-58?. The number of anilines is 3. The topological polar surface area (TPSA) is 39.1 Å². The van der Waals surface area contributed by atoms with E-state index in [1.807, 2.05) is 54.6 Å². The minimum atomic E-state index is 0.471. The molecule has 62 heavy (non-hydrogen) atoms. The van der Waals surface area contributed by atoms with Crippen molar-refractivity contribution in [3.63, 3.8) is 0 Å². The summed E-state index contributed by atoms with van der Waals surface area (Å²) in [5.74, 6) is 0. The molecule has 1 aliphatic rings. The summed E-state index contributed by atoms with van der Waals surface area (Å²) >= 11 is 0. The van der Waals surface area contributed by atoms with E-state index in [-0.39, 0.29) is 0 Å². The van der Waals surface area contributed by atoms with Gasteiger partial charge in [0.25, 0.3) is 0 Å². The van der Waals surface area contributed by atoms with Crippen LogP contribution in [0.1, 0.15) is 27.8 Å². The molecule has 0 fully saturated rings. The van der Waals surface area contributed by atoms with Crippen LogP contribution in [0.4, 0.5) is 17.1 Å². The summed E-state index contributed by atoms with van der Waals surface area (Å²) in [4.78, 5) is 2.28. The lowest BCUT2D eigenvalue weighted by atomic mass is 9.87. The number of allylic oxidation sites excluding steroid dienone is 1. The highest BCUT2D eigenvalue weighted by Crippen LogP contribution is 2.39. The lowest BCUT2D eigenvalue weighted by molar-refractivity contribution is 1.22. The number of benzene rings is 9. The summed E-state index contributed by atoms with van der Waals surface area (Å²) in [6, 6.07) is 84.9. The zero-order valence-electron chi connectivity index (χ0n) is 34.1. The molecule has 3 nitrogen and oxygen atoms in total. The van der Waals surface area contributed by atoms with Crippen molar-refractivity contribution in [2.75, 3.05) is 4.90 Å². The lowest BCUT2D eigenvalue weighted by Crippen LogP contribution is -2.20. The quantitative estimate of drug-likeness (QED) is 0.135. The molecule has 1 heterocycles. The highest BCUT2D eigenvalue weighted by Gasteiger charge is 2.24. The van der Waals surface area contributed by atoms with Gasteiger partial charge >= 0.3 is 0 Å². The van der Waals surface area contributed by atoms with Crippen molar-refractivity contribution in [3.05, 3.63) is 270 Å². The molecule has 0 aromatic heterocycles. The maximum atomic E-state index is 9.55. The number of fused-ring (bicyclic) bond motifs is 1. The normalized spacial score (nSPS) is 12.7. The van der Waals surface area contributed by atoms with E-state index in [4.69, 9.17) is 0 Å². The molecule has 3 heteroatoms. The minimum absolute atomic E-state index is 0.471. The fraction of sp³-hybridized carbons (Fsp3) is 0. The molecule has 0 saturated carbocycles. The summed E-state index contributed by atoms with van der Waals surface area (Å²) in [5, 5.41) is 13.3. The molecule has 0 bridgehead atoms. The largest absolute Gasteiger partial charge is 0.354 e. The van der Waals surface area contributed by atoms with Crippen LogP contribution in [0.5, 0.6) is 0 Å². The third kappa shape index (κ3) is 7.79. The molecule has 9 aromatic rings. The first-order chi connectivity index (χ1) is 30.7. The van der Waals surface area contributed by atoms with Gasteiger partial charge in [-0.2, -0.15) is 0 Å². The Kier molecular flexibility index (Phi) is 10.5. The molecular formula is C59H43N3. The number of hydrogen-bond donors (Lipinski definition) is 2. The maximum absolute atomic E-state index is 9.55. The Morgan fingerprint density at radius 2 is 0.742 bits per heavy atom. The smallest absolute Gasteiger partial charge is 0.0711 e. The Labute approximate surface area is 363 Å². The molecule has 0 aliphatic carbocycles. The summed E-state index contributed by atoms with van der Waals surface area (Å²) in [6.45, 7) is 0. The SMILES string of the molecule is N=C(/C(=C1\NC(c2ccccc2)=Cc2cc(-c3ccc(-c4ccc(-c5ccc(N(c6ccccc6)c6ccccc6)cc5)cc4)cc3)ccc21)c1ccccc1)c1ccccc1. The Bertz CT molecular complexity index is 2990. The number of nitrogens with one attached hydrogen (secondary N) is 2. The van der Waals surface area contributed by atoms with Gasteiger partial charge in [-0.05, 0) is 98.6 Å². The number of para-hydroxylation sites is 2. The third-order valence-electron chi connectivity index (χ3n) is 11.5. The molecule has 0 unspecified atom stereocenters. The van der Waals surface area contributed by atoms with Crippen LogP contribution in [0.15, 0.2) is 243 Å². The second kappa shape index (κ2) is 17.1. The highest BCUT2D eigenvalue weighted by molar-refractivity contribution is 6.36. The summed E-state index contributed by atoms with van der Waals surface area (Å²) in [5.41, 5.74) is 18.7. The molecule has 0 saturated heterocycles. The van der Waals surface area contributed by atoms with E-state index in [0.717, 1.165) is 73.0 Å². The number of nitrogens with zero attached hydrogens (tertiary/aromatic N) is 1. The van der Waals surface area contributed by atoms with Crippen LogP contribution in [0, 0.1) is 5.41 Å². The zero-order valence-corrected chi connectivity index (χ0v) is 34.1. The Balaban J connectivity index is 0.943. The number of hydrogen-bond acceptors (Lipinski definition) is 3. The van der Waals surface area contributed by atoms with Crippen LogP contribution >= 0.6 is 0 Å². The van der Waals surface area contributed by atoms with Crippen molar-refractivity contribution < 1.29 is 0 Å². The van der Waals surface area contributed by atoms with Gasteiger partial charge in [0.1, 0.15) is 0 Å². The van der Waals surface area contributed by atoms with Crippen LogP contribution in [0.3, 0.4) is 0 Å². The van der Waals surface area contributed by atoms with Gasteiger partial charge in [0, 0.05) is 39.5 Å². The van der Waals surface area contributed by atoms with Crippen LogP contribution < -0.4 is 10.2 Å². The van der Waals surface area contributed by atoms with Crippen molar-refractivity contribution in [3.8, 4) is 33.4 Å². The summed E-state index contributed by atoms with van der Waals surface area (Å²) in [6.07, 6.45) is 2.23. The Hall–Kier alpha value is -8.27. The van der Waals surface area contributed by atoms with Crippen molar-refractivity contribution in [2.24, 2.45) is 0 Å². The average Bonchev–Trinajstić information content (AvgIpc) is 3.36. The van der Waals surface area contributed by atoms with Gasteiger partial charge in [-0.1, -0.05) is 200 Å². The monoisotopic (exact) mass is 793 g/mol. The van der Waals surface area contributed by atoms with Gasteiger partial charge in [-0.15, -0.1) is 0 Å². The van der Waals surface area contributed by atoms with Gasteiger partial charge in [0.2, 0.25) is 0 Å². The first kappa shape index (κ1) is 38.0.